The predicted molar refractivity (Wildman–Crippen MR) is 63.1 cm³/mol. The molecule has 0 aromatic carbocycles. The van der Waals surface area contributed by atoms with Crippen molar-refractivity contribution in [2.45, 2.75) is 20.3 Å². The van der Waals surface area contributed by atoms with E-state index in [0.717, 1.165) is 24.9 Å². The van der Waals surface area contributed by atoms with E-state index >= 15 is 0 Å². The number of nitrogens with zero attached hydrogens (tertiary/aromatic N) is 1. The second-order valence-corrected chi connectivity index (χ2v) is 5.10. The average molecular weight is 194 g/mol. The Hall–Kier alpha value is -0.560. The zero-order valence-corrected chi connectivity index (χ0v) is 9.71. The maximum Gasteiger partial charge on any atom is 0.0973 e. The molecule has 0 bridgehead atoms. The third-order valence-corrected chi connectivity index (χ3v) is 3.24. The van der Waals surface area contributed by atoms with Crippen molar-refractivity contribution in [2.75, 3.05) is 26.2 Å². The lowest BCUT2D eigenvalue weighted by molar-refractivity contribution is -0.928. The molecule has 0 aromatic heterocycles. The van der Waals surface area contributed by atoms with Gasteiger partial charge in [0.1, 0.15) is 0 Å². The van der Waals surface area contributed by atoms with Crippen LogP contribution in [0, 0.1) is 11.8 Å². The Morgan fingerprint density at radius 1 is 1.07 bits per heavy atom. The second kappa shape index (κ2) is 4.79. The molecule has 1 aliphatic heterocycles. The first-order valence-electron chi connectivity index (χ1n) is 5.69. The molecule has 0 aliphatic carbocycles. The summed E-state index contributed by atoms with van der Waals surface area (Å²) in [5, 5.41) is 0. The molecule has 1 rings (SSSR count). The number of rotatable bonds is 4. The van der Waals surface area contributed by atoms with E-state index in [1.807, 2.05) is 0 Å². The SMILES string of the molecule is C=CC[N+]1(CC=C)CC(C)CC(C)C1. The maximum absolute atomic E-state index is 3.88. The monoisotopic (exact) mass is 194 g/mol. The molecule has 1 fully saturated rings. The number of likely N-dealkylation sites (tertiary alicyclic amines) is 1. The highest BCUT2D eigenvalue weighted by molar-refractivity contribution is 4.76. The fraction of sp³-hybridized carbons (Fsp3) is 0.692. The van der Waals surface area contributed by atoms with Crippen LogP contribution in [0.3, 0.4) is 0 Å². The van der Waals surface area contributed by atoms with Crippen molar-refractivity contribution in [3.05, 3.63) is 25.3 Å². The Morgan fingerprint density at radius 2 is 1.50 bits per heavy atom. The molecule has 2 atom stereocenters. The van der Waals surface area contributed by atoms with E-state index in [2.05, 4.69) is 39.2 Å². The third-order valence-electron chi connectivity index (χ3n) is 3.24. The van der Waals surface area contributed by atoms with E-state index in [-0.39, 0.29) is 0 Å². The van der Waals surface area contributed by atoms with Crippen LogP contribution in [0.2, 0.25) is 0 Å². The van der Waals surface area contributed by atoms with E-state index in [9.17, 15) is 0 Å². The van der Waals surface area contributed by atoms with Crippen LogP contribution in [0.25, 0.3) is 0 Å². The van der Waals surface area contributed by atoms with Crippen molar-refractivity contribution in [1.82, 2.24) is 0 Å². The normalized spacial score (nSPS) is 31.0. The van der Waals surface area contributed by atoms with Gasteiger partial charge in [-0.15, -0.1) is 0 Å². The summed E-state index contributed by atoms with van der Waals surface area (Å²) in [7, 11) is 0. The number of quaternary nitrogens is 1. The van der Waals surface area contributed by atoms with Gasteiger partial charge in [-0.3, -0.25) is 0 Å². The van der Waals surface area contributed by atoms with E-state index in [4.69, 9.17) is 0 Å². The van der Waals surface area contributed by atoms with Crippen molar-refractivity contribution >= 4 is 0 Å². The van der Waals surface area contributed by atoms with Crippen molar-refractivity contribution < 1.29 is 4.48 Å². The average Bonchev–Trinajstić information content (AvgIpc) is 2.02. The van der Waals surface area contributed by atoms with Crippen LogP contribution in [0.5, 0.6) is 0 Å². The standard InChI is InChI=1S/C13H24N/c1-5-7-14(8-6-2)10-12(3)9-13(4)11-14/h5-6,12-13H,1-2,7-11H2,3-4H3/q+1. The first kappa shape index (κ1) is 11.5. The molecule has 80 valence electrons. The minimum Gasteiger partial charge on any atom is -0.317 e. The van der Waals surface area contributed by atoms with Crippen LogP contribution in [0.4, 0.5) is 0 Å². The summed E-state index contributed by atoms with van der Waals surface area (Å²) in [6.45, 7) is 17.3. The largest absolute Gasteiger partial charge is 0.317 e. The fourth-order valence-corrected chi connectivity index (χ4v) is 3.15. The highest BCUT2D eigenvalue weighted by atomic mass is 15.4. The van der Waals surface area contributed by atoms with Crippen LogP contribution in [0.1, 0.15) is 20.3 Å². The Labute approximate surface area is 88.7 Å². The van der Waals surface area contributed by atoms with Gasteiger partial charge in [0.25, 0.3) is 0 Å². The molecule has 1 heterocycles. The van der Waals surface area contributed by atoms with Crippen LogP contribution in [-0.4, -0.2) is 30.7 Å². The summed E-state index contributed by atoms with van der Waals surface area (Å²) in [4.78, 5) is 0. The van der Waals surface area contributed by atoms with Crippen molar-refractivity contribution in [2.24, 2.45) is 11.8 Å². The van der Waals surface area contributed by atoms with Gasteiger partial charge in [0.15, 0.2) is 0 Å². The summed E-state index contributed by atoms with van der Waals surface area (Å²) in [6.07, 6.45) is 5.51. The first-order valence-corrected chi connectivity index (χ1v) is 5.69. The van der Waals surface area contributed by atoms with Gasteiger partial charge in [0.05, 0.1) is 26.2 Å². The van der Waals surface area contributed by atoms with Crippen LogP contribution < -0.4 is 0 Å². The highest BCUT2D eigenvalue weighted by Gasteiger charge is 2.34. The quantitative estimate of drug-likeness (QED) is 0.477. The summed E-state index contributed by atoms with van der Waals surface area (Å²) in [6, 6.07) is 0. The van der Waals surface area contributed by atoms with Gasteiger partial charge in [-0.05, 0) is 18.6 Å². The Bertz CT molecular complexity index is 185. The molecule has 1 nitrogen and oxygen atoms in total. The van der Waals surface area contributed by atoms with Gasteiger partial charge < -0.3 is 4.48 Å². The summed E-state index contributed by atoms with van der Waals surface area (Å²) in [5.41, 5.74) is 0. The van der Waals surface area contributed by atoms with Crippen molar-refractivity contribution in [3.63, 3.8) is 0 Å². The van der Waals surface area contributed by atoms with Crippen LogP contribution in [0.15, 0.2) is 25.3 Å². The zero-order chi connectivity index (χ0) is 10.6. The summed E-state index contributed by atoms with van der Waals surface area (Å²) in [5.74, 6) is 1.69. The molecule has 0 radical (unpaired) electrons. The van der Waals surface area contributed by atoms with Gasteiger partial charge in [-0.25, -0.2) is 0 Å². The van der Waals surface area contributed by atoms with Crippen molar-refractivity contribution in [3.8, 4) is 0 Å². The van der Waals surface area contributed by atoms with E-state index in [0.29, 0.717) is 0 Å². The van der Waals surface area contributed by atoms with E-state index in [1.54, 1.807) is 0 Å². The highest BCUT2D eigenvalue weighted by Crippen LogP contribution is 2.27. The maximum atomic E-state index is 3.88. The Morgan fingerprint density at radius 3 is 1.86 bits per heavy atom. The molecule has 2 unspecified atom stereocenters. The van der Waals surface area contributed by atoms with Gasteiger partial charge in [0.2, 0.25) is 0 Å². The lowest BCUT2D eigenvalue weighted by Crippen LogP contribution is -2.56. The fourth-order valence-electron chi connectivity index (χ4n) is 3.15. The summed E-state index contributed by atoms with van der Waals surface area (Å²) >= 11 is 0. The topological polar surface area (TPSA) is 0 Å². The molecule has 0 saturated carbocycles. The second-order valence-electron chi connectivity index (χ2n) is 5.10. The molecule has 0 spiro atoms. The minimum absolute atomic E-state index is 0.846. The smallest absolute Gasteiger partial charge is 0.0973 e. The van der Waals surface area contributed by atoms with Crippen molar-refractivity contribution in [1.29, 1.82) is 0 Å². The van der Waals surface area contributed by atoms with Crippen LogP contribution in [-0.2, 0) is 0 Å². The Kier molecular flexibility index (Phi) is 3.94. The van der Waals surface area contributed by atoms with Crippen LogP contribution >= 0.6 is 0 Å². The third kappa shape index (κ3) is 2.71. The number of hydrogen-bond donors (Lipinski definition) is 0. The molecular weight excluding hydrogens is 170 g/mol. The number of piperidine rings is 1. The molecule has 14 heavy (non-hydrogen) atoms. The van der Waals surface area contributed by atoms with E-state index < -0.39 is 0 Å². The molecule has 0 amide bonds. The van der Waals surface area contributed by atoms with Gasteiger partial charge in [-0.2, -0.15) is 0 Å². The molecule has 0 N–H and O–H groups in total. The molecule has 1 saturated heterocycles. The lowest BCUT2D eigenvalue weighted by Gasteiger charge is -2.45. The Balaban J connectivity index is 2.73. The lowest BCUT2D eigenvalue weighted by atomic mass is 9.89. The predicted octanol–water partition coefficient (Wildman–Crippen LogP) is 2.85. The van der Waals surface area contributed by atoms with E-state index in [1.165, 1.54) is 24.0 Å². The summed E-state index contributed by atoms with van der Waals surface area (Å²) < 4.78 is 1.18. The molecule has 0 aromatic rings. The minimum atomic E-state index is 0.846. The molecular formula is C13H24N+. The molecule has 1 aliphatic rings. The molecule has 1 heteroatoms. The van der Waals surface area contributed by atoms with Gasteiger partial charge >= 0.3 is 0 Å². The number of hydrogen-bond acceptors (Lipinski definition) is 0. The zero-order valence-electron chi connectivity index (χ0n) is 9.71. The van der Waals surface area contributed by atoms with Gasteiger partial charge in [-0.1, -0.05) is 27.0 Å². The van der Waals surface area contributed by atoms with Gasteiger partial charge in [0, 0.05) is 11.8 Å². The first-order chi connectivity index (χ1) is 6.62.